The number of rotatable bonds is 27. The van der Waals surface area contributed by atoms with Gasteiger partial charge in [0.2, 0.25) is 0 Å². The number of nitrogens with zero attached hydrogens (tertiary/aromatic N) is 1. The van der Waals surface area contributed by atoms with Crippen molar-refractivity contribution in [2.45, 2.75) is 135 Å². The minimum atomic E-state index is -4.20. The van der Waals surface area contributed by atoms with Gasteiger partial charge in [0, 0.05) is 0 Å². The van der Waals surface area contributed by atoms with Crippen molar-refractivity contribution in [1.82, 2.24) is 0 Å². The SMILES string of the molecule is CCCCCCCCCCCCCCCCCCCCC(COP(=O)(O)OCC[N+](C)(C)C)OC(=O)OC. The number of hydrogen-bond donors (Lipinski definition) is 1. The zero-order valence-corrected chi connectivity index (χ0v) is 26.3. The molecule has 2 atom stereocenters. The first-order valence-electron chi connectivity index (χ1n) is 15.3. The van der Waals surface area contributed by atoms with Gasteiger partial charge in [0.25, 0.3) is 0 Å². The van der Waals surface area contributed by atoms with E-state index in [-0.39, 0.29) is 13.2 Å². The van der Waals surface area contributed by atoms with E-state index in [1.807, 2.05) is 21.1 Å². The van der Waals surface area contributed by atoms with Gasteiger partial charge in [0.1, 0.15) is 19.3 Å². The van der Waals surface area contributed by atoms with Crippen molar-refractivity contribution in [3.05, 3.63) is 0 Å². The summed E-state index contributed by atoms with van der Waals surface area (Å²) in [5.41, 5.74) is 0. The number of hydrogen-bond acceptors (Lipinski definition) is 6. The predicted molar refractivity (Wildman–Crippen MR) is 155 cm³/mol. The molecule has 0 rings (SSSR count). The largest absolute Gasteiger partial charge is 0.508 e. The standard InChI is InChI=1S/C29H60NO7P/c1-6-7-8-9-10-11-12-13-14-15-16-17-18-19-20-21-22-23-24-28(37-29(31)34-5)27-36-38(32,33)35-26-25-30(2,3)4/h28H,6-27H2,1-5H3/p+1. The molecule has 0 fully saturated rings. The Morgan fingerprint density at radius 3 is 1.55 bits per heavy atom. The van der Waals surface area contributed by atoms with Gasteiger partial charge in [-0.3, -0.25) is 9.05 Å². The highest BCUT2D eigenvalue weighted by Crippen LogP contribution is 2.43. The minimum Gasteiger partial charge on any atom is -0.438 e. The number of unbranched alkanes of at least 4 members (excludes halogenated alkanes) is 17. The van der Waals surface area contributed by atoms with Crippen molar-refractivity contribution in [3.63, 3.8) is 0 Å². The Balaban J connectivity index is 3.80. The van der Waals surface area contributed by atoms with Crippen molar-refractivity contribution < 1.29 is 37.3 Å². The van der Waals surface area contributed by atoms with Crippen molar-refractivity contribution in [1.29, 1.82) is 0 Å². The molecule has 0 aliphatic heterocycles. The first-order chi connectivity index (χ1) is 18.1. The number of methoxy groups -OCH3 is 1. The van der Waals surface area contributed by atoms with Crippen LogP contribution in [0.2, 0.25) is 0 Å². The molecule has 0 radical (unpaired) electrons. The second-order valence-electron chi connectivity index (χ2n) is 11.6. The van der Waals surface area contributed by atoms with E-state index >= 15 is 0 Å². The van der Waals surface area contributed by atoms with Crippen molar-refractivity contribution >= 4 is 14.0 Å². The first-order valence-corrected chi connectivity index (χ1v) is 16.8. The summed E-state index contributed by atoms with van der Waals surface area (Å²) < 4.78 is 32.6. The van der Waals surface area contributed by atoms with E-state index in [1.54, 1.807) is 0 Å². The lowest BCUT2D eigenvalue weighted by atomic mass is 10.0. The lowest BCUT2D eigenvalue weighted by molar-refractivity contribution is -0.870. The summed E-state index contributed by atoms with van der Waals surface area (Å²) in [7, 11) is 2.93. The number of likely N-dealkylation sites (N-methyl/N-ethyl adjacent to an activating group) is 1. The molecular weight excluding hydrogens is 505 g/mol. The van der Waals surface area contributed by atoms with Crippen LogP contribution in [0.15, 0.2) is 0 Å². The van der Waals surface area contributed by atoms with Gasteiger partial charge in [-0.15, -0.1) is 0 Å². The molecule has 228 valence electrons. The topological polar surface area (TPSA) is 91.3 Å². The molecule has 0 spiro atoms. The van der Waals surface area contributed by atoms with E-state index in [9.17, 15) is 14.3 Å². The molecule has 8 nitrogen and oxygen atoms in total. The van der Waals surface area contributed by atoms with Gasteiger partial charge in [0.15, 0.2) is 0 Å². The second-order valence-corrected chi connectivity index (χ2v) is 13.1. The van der Waals surface area contributed by atoms with Crippen LogP contribution in [-0.4, -0.2) is 69.6 Å². The monoisotopic (exact) mass is 566 g/mol. The predicted octanol–water partition coefficient (Wildman–Crippen LogP) is 8.41. The third-order valence-corrected chi connectivity index (χ3v) is 7.73. The molecule has 0 aromatic heterocycles. The number of carbonyl (C=O) groups is 1. The van der Waals surface area contributed by atoms with Gasteiger partial charge in [-0.2, -0.15) is 0 Å². The summed E-state index contributed by atoms with van der Waals surface area (Å²) in [6.07, 6.45) is 22.5. The summed E-state index contributed by atoms with van der Waals surface area (Å²) in [5, 5.41) is 0. The van der Waals surface area contributed by atoms with Crippen LogP contribution in [0.1, 0.15) is 129 Å². The molecule has 0 heterocycles. The summed E-state index contributed by atoms with van der Waals surface area (Å²) >= 11 is 0. The molecule has 38 heavy (non-hydrogen) atoms. The zero-order chi connectivity index (χ0) is 28.5. The van der Waals surface area contributed by atoms with Crippen LogP contribution >= 0.6 is 7.82 Å². The molecule has 2 unspecified atom stereocenters. The van der Waals surface area contributed by atoms with Crippen LogP contribution in [0.5, 0.6) is 0 Å². The first kappa shape index (κ1) is 37.3. The molecule has 0 saturated carbocycles. The Morgan fingerprint density at radius 1 is 0.737 bits per heavy atom. The molecule has 1 N–H and O–H groups in total. The Morgan fingerprint density at radius 2 is 1.16 bits per heavy atom. The third-order valence-electron chi connectivity index (χ3n) is 6.75. The maximum atomic E-state index is 12.1. The van der Waals surface area contributed by atoms with E-state index in [4.69, 9.17) is 13.8 Å². The van der Waals surface area contributed by atoms with Crippen molar-refractivity contribution in [2.24, 2.45) is 0 Å². The summed E-state index contributed by atoms with van der Waals surface area (Å²) in [6.45, 7) is 2.73. The van der Waals surface area contributed by atoms with Crippen LogP contribution < -0.4 is 0 Å². The number of phosphoric acid groups is 1. The average Bonchev–Trinajstić information content (AvgIpc) is 2.85. The molecule has 0 aromatic rings. The van der Waals surface area contributed by atoms with E-state index in [0.29, 0.717) is 17.4 Å². The highest BCUT2D eigenvalue weighted by molar-refractivity contribution is 7.47. The van der Waals surface area contributed by atoms with Gasteiger partial charge >= 0.3 is 14.0 Å². The van der Waals surface area contributed by atoms with Gasteiger partial charge in [0.05, 0.1) is 34.9 Å². The Hall–Kier alpha value is -0.660. The van der Waals surface area contributed by atoms with E-state index in [1.165, 1.54) is 103 Å². The number of quaternary nitrogens is 1. The number of phosphoric ester groups is 1. The lowest BCUT2D eigenvalue weighted by Gasteiger charge is -2.24. The smallest absolute Gasteiger partial charge is 0.438 e. The third kappa shape index (κ3) is 26.9. The van der Waals surface area contributed by atoms with Crippen LogP contribution in [0.3, 0.4) is 0 Å². The highest BCUT2D eigenvalue weighted by Gasteiger charge is 2.26. The molecule has 0 aliphatic carbocycles. The quantitative estimate of drug-likeness (QED) is 0.0462. The van der Waals surface area contributed by atoms with E-state index < -0.39 is 20.1 Å². The fourth-order valence-electron chi connectivity index (χ4n) is 4.28. The van der Waals surface area contributed by atoms with E-state index in [0.717, 1.165) is 19.3 Å². The molecule has 0 saturated heterocycles. The average molecular weight is 567 g/mol. The van der Waals surface area contributed by atoms with Crippen LogP contribution in [0, 0.1) is 0 Å². The Bertz CT molecular complexity index is 598. The molecule has 0 bridgehead atoms. The van der Waals surface area contributed by atoms with Crippen molar-refractivity contribution in [3.8, 4) is 0 Å². The second kappa shape index (κ2) is 24.2. The fraction of sp³-hybridized carbons (Fsp3) is 0.966. The highest BCUT2D eigenvalue weighted by atomic mass is 31.2. The lowest BCUT2D eigenvalue weighted by Crippen LogP contribution is -2.37. The van der Waals surface area contributed by atoms with Crippen molar-refractivity contribution in [2.75, 3.05) is 48.0 Å². The Kier molecular flexibility index (Phi) is 23.7. The molecule has 0 aliphatic rings. The fourth-order valence-corrected chi connectivity index (χ4v) is 5.02. The van der Waals surface area contributed by atoms with Crippen LogP contribution in [0.25, 0.3) is 0 Å². The maximum absolute atomic E-state index is 12.1. The number of ether oxygens (including phenoxy) is 2. The zero-order valence-electron chi connectivity index (χ0n) is 25.4. The van der Waals surface area contributed by atoms with Crippen LogP contribution in [-0.2, 0) is 23.1 Å². The maximum Gasteiger partial charge on any atom is 0.508 e. The molecular formula is C29H61NO7P+. The normalized spacial score (nSPS) is 14.3. The van der Waals surface area contributed by atoms with Gasteiger partial charge in [-0.1, -0.05) is 116 Å². The summed E-state index contributed by atoms with van der Waals surface area (Å²) in [5.74, 6) is 0. The Labute approximate surface area is 234 Å². The van der Waals surface area contributed by atoms with Gasteiger partial charge in [-0.05, 0) is 12.8 Å². The van der Waals surface area contributed by atoms with Gasteiger partial charge in [-0.25, -0.2) is 9.36 Å². The minimum absolute atomic E-state index is 0.0963. The number of carbonyl (C=O) groups excluding carboxylic acids is 1. The van der Waals surface area contributed by atoms with E-state index in [2.05, 4.69) is 11.7 Å². The summed E-state index contributed by atoms with van der Waals surface area (Å²) in [6, 6.07) is 0. The van der Waals surface area contributed by atoms with Gasteiger partial charge < -0.3 is 18.9 Å². The molecule has 0 aromatic carbocycles. The molecule has 9 heteroatoms. The summed E-state index contributed by atoms with van der Waals surface area (Å²) in [4.78, 5) is 21.5. The molecule has 0 amide bonds. The van der Waals surface area contributed by atoms with Crippen LogP contribution in [0.4, 0.5) is 4.79 Å².